The second kappa shape index (κ2) is 2.03. The Hall–Kier alpha value is -0.950. The fourth-order valence-corrected chi connectivity index (χ4v) is 1.11. The molecular formula is C6H6N3P. The van der Waals surface area contributed by atoms with Crippen LogP contribution in [0.2, 0.25) is 0 Å². The van der Waals surface area contributed by atoms with E-state index < -0.39 is 0 Å². The van der Waals surface area contributed by atoms with Crippen molar-refractivity contribution in [3.63, 3.8) is 0 Å². The van der Waals surface area contributed by atoms with Gasteiger partial charge in [0.05, 0.1) is 6.20 Å². The van der Waals surface area contributed by atoms with Gasteiger partial charge in [-0.1, -0.05) is 0 Å². The van der Waals surface area contributed by atoms with E-state index in [0.29, 0.717) is 0 Å². The molecule has 3 nitrogen and oxygen atoms in total. The fraction of sp³-hybridized carbons (Fsp3) is 0. The van der Waals surface area contributed by atoms with Gasteiger partial charge in [-0.25, -0.2) is 4.98 Å². The summed E-state index contributed by atoms with van der Waals surface area (Å²) in [6.07, 6.45) is 3.54. The number of hydrogen-bond acceptors (Lipinski definition) is 2. The minimum atomic E-state index is 0.839. The minimum Gasteiger partial charge on any atom is -0.261 e. The van der Waals surface area contributed by atoms with E-state index in [1.807, 2.05) is 6.07 Å². The van der Waals surface area contributed by atoms with Gasteiger partial charge in [-0.3, -0.25) is 5.10 Å². The normalized spacial score (nSPS) is 10.5. The summed E-state index contributed by atoms with van der Waals surface area (Å²) < 4.78 is 0. The number of pyridine rings is 1. The van der Waals surface area contributed by atoms with E-state index in [4.69, 9.17) is 0 Å². The van der Waals surface area contributed by atoms with Gasteiger partial charge >= 0.3 is 0 Å². The summed E-state index contributed by atoms with van der Waals surface area (Å²) in [7, 11) is 2.59. The molecule has 0 radical (unpaired) electrons. The van der Waals surface area contributed by atoms with Crippen LogP contribution < -0.4 is 5.30 Å². The molecule has 0 aliphatic heterocycles. The first-order valence-electron chi connectivity index (χ1n) is 2.91. The number of aromatic nitrogens is 3. The van der Waals surface area contributed by atoms with Crippen LogP contribution in [0.4, 0.5) is 0 Å². The molecule has 2 heterocycles. The van der Waals surface area contributed by atoms with Gasteiger partial charge in [-0.2, -0.15) is 5.10 Å². The molecule has 0 saturated carbocycles. The third-order valence-electron chi connectivity index (χ3n) is 1.31. The number of rotatable bonds is 0. The molecule has 2 rings (SSSR count). The summed E-state index contributed by atoms with van der Waals surface area (Å²) in [5, 5.41) is 8.75. The summed E-state index contributed by atoms with van der Waals surface area (Å²) >= 11 is 0. The average molecular weight is 151 g/mol. The largest absolute Gasteiger partial charge is 0.261 e. The summed E-state index contributed by atoms with van der Waals surface area (Å²) in [6, 6.07) is 2.01. The SMILES string of the molecule is Pc1cnc2[nH]ncc2c1. The third kappa shape index (κ3) is 0.792. The zero-order chi connectivity index (χ0) is 6.97. The minimum absolute atomic E-state index is 0.839. The number of aromatic amines is 1. The molecule has 1 atom stereocenters. The summed E-state index contributed by atoms with van der Waals surface area (Å²) in [4.78, 5) is 4.10. The highest BCUT2D eigenvalue weighted by Crippen LogP contribution is 2.04. The van der Waals surface area contributed by atoms with E-state index in [0.717, 1.165) is 16.3 Å². The number of H-pyrrole nitrogens is 1. The van der Waals surface area contributed by atoms with Gasteiger partial charge in [-0.05, 0) is 11.4 Å². The Kier molecular flexibility index (Phi) is 1.18. The van der Waals surface area contributed by atoms with Gasteiger partial charge < -0.3 is 0 Å². The van der Waals surface area contributed by atoms with E-state index in [1.165, 1.54) is 0 Å². The zero-order valence-corrected chi connectivity index (χ0v) is 6.36. The molecule has 4 heteroatoms. The lowest BCUT2D eigenvalue weighted by Crippen LogP contribution is -1.90. The van der Waals surface area contributed by atoms with E-state index >= 15 is 0 Å². The Balaban J connectivity index is 2.86. The first-order chi connectivity index (χ1) is 4.86. The molecule has 1 unspecified atom stereocenters. The molecule has 50 valence electrons. The number of nitrogens with zero attached hydrogens (tertiary/aromatic N) is 2. The lowest BCUT2D eigenvalue weighted by molar-refractivity contribution is 1.10. The highest BCUT2D eigenvalue weighted by Gasteiger charge is 1.93. The quantitative estimate of drug-likeness (QED) is 0.555. The Morgan fingerprint density at radius 2 is 2.30 bits per heavy atom. The van der Waals surface area contributed by atoms with Crippen molar-refractivity contribution < 1.29 is 0 Å². The van der Waals surface area contributed by atoms with Crippen molar-refractivity contribution in [2.24, 2.45) is 0 Å². The standard InChI is InChI=1S/C6H6N3P/c10-5-1-4-2-8-9-6(4)7-3-5/h1-3H,10H2,(H,7,8,9). The van der Waals surface area contributed by atoms with Crippen molar-refractivity contribution in [1.82, 2.24) is 15.2 Å². The lowest BCUT2D eigenvalue weighted by Gasteiger charge is -1.88. The molecular weight excluding hydrogens is 145 g/mol. The molecule has 0 aliphatic carbocycles. The highest BCUT2D eigenvalue weighted by atomic mass is 31.0. The molecule has 0 aromatic carbocycles. The van der Waals surface area contributed by atoms with Crippen molar-refractivity contribution in [3.05, 3.63) is 18.5 Å². The van der Waals surface area contributed by atoms with Gasteiger partial charge in [0.15, 0.2) is 5.65 Å². The molecule has 0 amide bonds. The highest BCUT2D eigenvalue weighted by molar-refractivity contribution is 7.27. The third-order valence-corrected chi connectivity index (χ3v) is 1.63. The number of nitrogens with one attached hydrogen (secondary N) is 1. The smallest absolute Gasteiger partial charge is 0.155 e. The van der Waals surface area contributed by atoms with Gasteiger partial charge in [0.25, 0.3) is 0 Å². The molecule has 2 aromatic heterocycles. The Morgan fingerprint density at radius 1 is 1.40 bits per heavy atom. The van der Waals surface area contributed by atoms with E-state index in [1.54, 1.807) is 12.4 Å². The second-order valence-corrected chi connectivity index (χ2v) is 2.74. The first-order valence-corrected chi connectivity index (χ1v) is 3.48. The molecule has 0 aliphatic rings. The van der Waals surface area contributed by atoms with E-state index in [9.17, 15) is 0 Å². The lowest BCUT2D eigenvalue weighted by atomic mass is 10.4. The molecule has 1 N–H and O–H groups in total. The first kappa shape index (κ1) is 5.81. The molecule has 0 spiro atoms. The Morgan fingerprint density at radius 3 is 3.20 bits per heavy atom. The van der Waals surface area contributed by atoms with Gasteiger partial charge in [0.2, 0.25) is 0 Å². The van der Waals surface area contributed by atoms with Crippen LogP contribution in [-0.4, -0.2) is 15.2 Å². The van der Waals surface area contributed by atoms with Crippen molar-refractivity contribution >= 4 is 25.6 Å². The Labute approximate surface area is 60.1 Å². The van der Waals surface area contributed by atoms with Crippen LogP contribution in [0, 0.1) is 0 Å². The maximum absolute atomic E-state index is 4.10. The molecule has 10 heavy (non-hydrogen) atoms. The maximum atomic E-state index is 4.10. The molecule has 2 aromatic rings. The van der Waals surface area contributed by atoms with Crippen LogP contribution >= 0.6 is 9.24 Å². The molecule has 0 bridgehead atoms. The predicted octanol–water partition coefficient (Wildman–Crippen LogP) is 0.458. The number of fused-ring (bicyclic) bond motifs is 1. The van der Waals surface area contributed by atoms with Gasteiger partial charge in [0, 0.05) is 11.6 Å². The Bertz CT molecular complexity index is 355. The summed E-state index contributed by atoms with van der Waals surface area (Å²) in [5.41, 5.74) is 0.839. The monoisotopic (exact) mass is 151 g/mol. The van der Waals surface area contributed by atoms with Crippen LogP contribution in [-0.2, 0) is 0 Å². The summed E-state index contributed by atoms with van der Waals surface area (Å²) in [6.45, 7) is 0. The number of hydrogen-bond donors (Lipinski definition) is 1. The van der Waals surface area contributed by atoms with Crippen LogP contribution in [0.25, 0.3) is 11.0 Å². The van der Waals surface area contributed by atoms with Crippen LogP contribution in [0.5, 0.6) is 0 Å². The van der Waals surface area contributed by atoms with Crippen molar-refractivity contribution in [3.8, 4) is 0 Å². The topological polar surface area (TPSA) is 41.6 Å². The fourth-order valence-electron chi connectivity index (χ4n) is 0.854. The summed E-state index contributed by atoms with van der Waals surface area (Å²) in [5.74, 6) is 0. The van der Waals surface area contributed by atoms with Gasteiger partial charge in [-0.15, -0.1) is 9.24 Å². The van der Waals surface area contributed by atoms with Crippen LogP contribution in [0.15, 0.2) is 18.5 Å². The average Bonchev–Trinajstić information content (AvgIpc) is 2.33. The van der Waals surface area contributed by atoms with Crippen molar-refractivity contribution in [1.29, 1.82) is 0 Å². The van der Waals surface area contributed by atoms with E-state index in [-0.39, 0.29) is 0 Å². The van der Waals surface area contributed by atoms with Crippen LogP contribution in [0.3, 0.4) is 0 Å². The second-order valence-electron chi connectivity index (χ2n) is 2.08. The predicted molar refractivity (Wildman–Crippen MR) is 43.2 cm³/mol. The van der Waals surface area contributed by atoms with E-state index in [2.05, 4.69) is 24.4 Å². The molecule has 0 fully saturated rings. The molecule has 0 saturated heterocycles. The van der Waals surface area contributed by atoms with Gasteiger partial charge in [0.1, 0.15) is 0 Å². The zero-order valence-electron chi connectivity index (χ0n) is 5.20. The van der Waals surface area contributed by atoms with Crippen LogP contribution in [0.1, 0.15) is 0 Å². The van der Waals surface area contributed by atoms with Crippen molar-refractivity contribution in [2.75, 3.05) is 0 Å². The maximum Gasteiger partial charge on any atom is 0.155 e. The van der Waals surface area contributed by atoms with Crippen molar-refractivity contribution in [2.45, 2.75) is 0 Å².